The van der Waals surface area contributed by atoms with E-state index in [1.165, 1.54) is 12.1 Å². The Labute approximate surface area is 141 Å². The molecule has 0 atom stereocenters. The highest BCUT2D eigenvalue weighted by Crippen LogP contribution is 2.27. The van der Waals surface area contributed by atoms with E-state index in [2.05, 4.69) is 19.2 Å². The average molecular weight is 324 g/mol. The van der Waals surface area contributed by atoms with Crippen molar-refractivity contribution in [2.45, 2.75) is 33.2 Å². The lowest BCUT2D eigenvalue weighted by Gasteiger charge is -2.16. The first-order valence-corrected chi connectivity index (χ1v) is 8.09. The summed E-state index contributed by atoms with van der Waals surface area (Å²) in [5.41, 5.74) is 3.91. The van der Waals surface area contributed by atoms with E-state index in [9.17, 15) is 9.18 Å². The Kier molecular flexibility index (Phi) is 4.38. The first-order valence-electron chi connectivity index (χ1n) is 8.09. The summed E-state index contributed by atoms with van der Waals surface area (Å²) in [6.07, 6.45) is 1.81. The molecular formula is C20H21FN2O. The summed E-state index contributed by atoms with van der Waals surface area (Å²) in [4.78, 5) is 12.5. The number of nitrogens with one attached hydrogen (secondary N) is 1. The molecule has 0 aliphatic carbocycles. The SMILES string of the molecule is Cc1cccc(C(C)C)c1NC(=O)Cn1ccc2cc(F)ccc21. The van der Waals surface area contributed by atoms with Crippen molar-refractivity contribution in [1.82, 2.24) is 4.57 Å². The molecule has 0 saturated heterocycles. The maximum Gasteiger partial charge on any atom is 0.244 e. The zero-order valence-corrected chi connectivity index (χ0v) is 14.1. The Balaban J connectivity index is 1.83. The molecule has 124 valence electrons. The number of para-hydroxylation sites is 1. The average Bonchev–Trinajstić information content (AvgIpc) is 2.91. The molecule has 2 aromatic carbocycles. The molecule has 1 aromatic heterocycles. The molecule has 0 saturated carbocycles. The second-order valence-electron chi connectivity index (χ2n) is 6.39. The molecule has 3 rings (SSSR count). The highest BCUT2D eigenvalue weighted by molar-refractivity contribution is 5.93. The van der Waals surface area contributed by atoms with Gasteiger partial charge in [-0.15, -0.1) is 0 Å². The molecule has 3 aromatic rings. The van der Waals surface area contributed by atoms with Crippen molar-refractivity contribution in [2.75, 3.05) is 5.32 Å². The lowest BCUT2D eigenvalue weighted by Crippen LogP contribution is -2.20. The standard InChI is InChI=1S/C20H21FN2O/c1-13(2)17-6-4-5-14(3)20(17)22-19(24)12-23-10-9-15-11-16(21)7-8-18(15)23/h4-11,13H,12H2,1-3H3,(H,22,24). The van der Waals surface area contributed by atoms with E-state index in [-0.39, 0.29) is 18.3 Å². The van der Waals surface area contributed by atoms with E-state index in [1.807, 2.05) is 42.0 Å². The van der Waals surface area contributed by atoms with Crippen molar-refractivity contribution in [3.05, 3.63) is 65.6 Å². The Morgan fingerprint density at radius 3 is 2.75 bits per heavy atom. The molecule has 0 spiro atoms. The minimum absolute atomic E-state index is 0.0898. The number of amides is 1. The van der Waals surface area contributed by atoms with E-state index in [4.69, 9.17) is 0 Å². The zero-order valence-electron chi connectivity index (χ0n) is 14.1. The summed E-state index contributed by atoms with van der Waals surface area (Å²) in [6.45, 7) is 6.41. The Morgan fingerprint density at radius 1 is 1.21 bits per heavy atom. The summed E-state index contributed by atoms with van der Waals surface area (Å²) >= 11 is 0. The van der Waals surface area contributed by atoms with Crippen LogP contribution in [0, 0.1) is 12.7 Å². The molecule has 0 aliphatic heterocycles. The van der Waals surface area contributed by atoms with Crippen molar-refractivity contribution in [1.29, 1.82) is 0 Å². The third kappa shape index (κ3) is 3.18. The molecule has 0 radical (unpaired) electrons. The van der Waals surface area contributed by atoms with Crippen LogP contribution in [0.25, 0.3) is 10.9 Å². The van der Waals surface area contributed by atoms with Crippen LogP contribution < -0.4 is 5.32 Å². The molecule has 0 bridgehead atoms. The van der Waals surface area contributed by atoms with E-state index in [0.29, 0.717) is 5.92 Å². The van der Waals surface area contributed by atoms with Gasteiger partial charge in [0.05, 0.1) is 0 Å². The van der Waals surface area contributed by atoms with Gasteiger partial charge in [-0.2, -0.15) is 0 Å². The fourth-order valence-electron chi connectivity index (χ4n) is 2.98. The predicted octanol–water partition coefficient (Wildman–Crippen LogP) is 4.85. The first kappa shape index (κ1) is 16.2. The third-order valence-corrected chi connectivity index (χ3v) is 4.24. The van der Waals surface area contributed by atoms with E-state index in [0.717, 1.165) is 27.7 Å². The number of fused-ring (bicyclic) bond motifs is 1. The molecule has 1 N–H and O–H groups in total. The van der Waals surface area contributed by atoms with Crippen LogP contribution in [-0.4, -0.2) is 10.5 Å². The summed E-state index contributed by atoms with van der Waals surface area (Å²) in [5.74, 6) is -0.0326. The molecule has 0 aliphatic rings. The zero-order chi connectivity index (χ0) is 17.3. The molecule has 0 fully saturated rings. The van der Waals surface area contributed by atoms with Gasteiger partial charge in [0, 0.05) is 22.8 Å². The number of rotatable bonds is 4. The van der Waals surface area contributed by atoms with Crippen LogP contribution in [0.4, 0.5) is 10.1 Å². The van der Waals surface area contributed by atoms with Gasteiger partial charge in [0.25, 0.3) is 0 Å². The predicted molar refractivity (Wildman–Crippen MR) is 95.8 cm³/mol. The number of hydrogen-bond donors (Lipinski definition) is 1. The van der Waals surface area contributed by atoms with E-state index < -0.39 is 0 Å². The van der Waals surface area contributed by atoms with Crippen LogP contribution in [0.3, 0.4) is 0 Å². The molecule has 24 heavy (non-hydrogen) atoms. The van der Waals surface area contributed by atoms with Crippen molar-refractivity contribution >= 4 is 22.5 Å². The van der Waals surface area contributed by atoms with Crippen molar-refractivity contribution in [3.63, 3.8) is 0 Å². The molecule has 1 amide bonds. The van der Waals surface area contributed by atoms with Gasteiger partial charge in [-0.1, -0.05) is 32.0 Å². The summed E-state index contributed by atoms with van der Waals surface area (Å²) < 4.78 is 15.1. The van der Waals surface area contributed by atoms with Gasteiger partial charge in [0.15, 0.2) is 0 Å². The summed E-state index contributed by atoms with van der Waals surface area (Å²) in [6, 6.07) is 12.5. The highest BCUT2D eigenvalue weighted by atomic mass is 19.1. The second kappa shape index (κ2) is 6.48. The number of nitrogens with zero attached hydrogens (tertiary/aromatic N) is 1. The number of hydrogen-bond acceptors (Lipinski definition) is 1. The fourth-order valence-corrected chi connectivity index (χ4v) is 2.98. The van der Waals surface area contributed by atoms with Gasteiger partial charge in [-0.3, -0.25) is 4.79 Å². The molecule has 1 heterocycles. The summed E-state index contributed by atoms with van der Waals surface area (Å²) in [5, 5.41) is 3.83. The first-order chi connectivity index (χ1) is 11.5. The number of aryl methyl sites for hydroxylation is 1. The second-order valence-corrected chi connectivity index (χ2v) is 6.39. The highest BCUT2D eigenvalue weighted by Gasteiger charge is 2.13. The molecule has 0 unspecified atom stereocenters. The monoisotopic (exact) mass is 324 g/mol. The smallest absolute Gasteiger partial charge is 0.244 e. The fraction of sp³-hybridized carbons (Fsp3) is 0.250. The van der Waals surface area contributed by atoms with Gasteiger partial charge in [-0.05, 0) is 48.2 Å². The molecular weight excluding hydrogens is 303 g/mol. The number of carbonyl (C=O) groups excluding carboxylic acids is 1. The quantitative estimate of drug-likeness (QED) is 0.731. The molecule has 3 nitrogen and oxygen atoms in total. The maximum atomic E-state index is 13.3. The largest absolute Gasteiger partial charge is 0.338 e. The van der Waals surface area contributed by atoms with Crippen LogP contribution in [0.15, 0.2) is 48.7 Å². The van der Waals surface area contributed by atoms with Crippen molar-refractivity contribution < 1.29 is 9.18 Å². The number of anilines is 1. The Bertz CT molecular complexity index is 896. The van der Waals surface area contributed by atoms with Gasteiger partial charge in [0.2, 0.25) is 5.91 Å². The Hall–Kier alpha value is -2.62. The molecule has 4 heteroatoms. The van der Waals surface area contributed by atoms with Gasteiger partial charge in [-0.25, -0.2) is 4.39 Å². The van der Waals surface area contributed by atoms with Gasteiger partial charge >= 0.3 is 0 Å². The lowest BCUT2D eigenvalue weighted by atomic mass is 9.98. The van der Waals surface area contributed by atoms with Crippen LogP contribution in [0.5, 0.6) is 0 Å². The topological polar surface area (TPSA) is 34.0 Å². The number of halogens is 1. The summed E-state index contributed by atoms with van der Waals surface area (Å²) in [7, 11) is 0. The minimum Gasteiger partial charge on any atom is -0.338 e. The van der Waals surface area contributed by atoms with Gasteiger partial charge in [0.1, 0.15) is 12.4 Å². The normalized spacial score (nSPS) is 11.2. The Morgan fingerprint density at radius 2 is 2.00 bits per heavy atom. The van der Waals surface area contributed by atoms with Crippen molar-refractivity contribution in [2.24, 2.45) is 0 Å². The minimum atomic E-state index is -0.272. The van der Waals surface area contributed by atoms with E-state index in [1.54, 1.807) is 6.07 Å². The van der Waals surface area contributed by atoms with Crippen LogP contribution in [0.2, 0.25) is 0 Å². The van der Waals surface area contributed by atoms with E-state index >= 15 is 0 Å². The van der Waals surface area contributed by atoms with Crippen molar-refractivity contribution in [3.8, 4) is 0 Å². The number of carbonyl (C=O) groups is 1. The van der Waals surface area contributed by atoms with Crippen LogP contribution in [-0.2, 0) is 11.3 Å². The number of benzene rings is 2. The van der Waals surface area contributed by atoms with Gasteiger partial charge < -0.3 is 9.88 Å². The third-order valence-electron chi connectivity index (χ3n) is 4.24. The number of aromatic nitrogens is 1. The van der Waals surface area contributed by atoms with Crippen LogP contribution >= 0.6 is 0 Å². The maximum absolute atomic E-state index is 13.3. The van der Waals surface area contributed by atoms with Crippen LogP contribution in [0.1, 0.15) is 30.9 Å². The lowest BCUT2D eigenvalue weighted by molar-refractivity contribution is -0.116.